The molecule has 20 heavy (non-hydrogen) atoms. The molecule has 0 N–H and O–H groups in total. The first kappa shape index (κ1) is 14.6. The molecule has 2 rings (SSSR count). The third-order valence-corrected chi connectivity index (χ3v) is 3.38. The average Bonchev–Trinajstić information content (AvgIpc) is 2.59. The fraction of sp³-hybridized carbons (Fsp3) is 0.154. The maximum absolute atomic E-state index is 12.0. The SMILES string of the molecule is C=CCN1C(=O)C(=O)N(Cc2ccc(Cl)cc2Cl)C1=O. The molecule has 0 aliphatic carbocycles. The van der Waals surface area contributed by atoms with Crippen LogP contribution in [0.4, 0.5) is 4.79 Å². The van der Waals surface area contributed by atoms with Crippen molar-refractivity contribution in [2.45, 2.75) is 6.54 Å². The molecule has 0 bridgehead atoms. The van der Waals surface area contributed by atoms with Crippen LogP contribution in [-0.4, -0.2) is 34.2 Å². The molecule has 1 aliphatic rings. The van der Waals surface area contributed by atoms with Crippen LogP contribution < -0.4 is 0 Å². The molecular weight excluding hydrogens is 303 g/mol. The van der Waals surface area contributed by atoms with Gasteiger partial charge in [0.05, 0.1) is 6.54 Å². The number of carbonyl (C=O) groups excluding carboxylic acids is 3. The number of rotatable bonds is 4. The third kappa shape index (κ3) is 2.55. The van der Waals surface area contributed by atoms with Gasteiger partial charge in [-0.05, 0) is 17.7 Å². The first-order chi connectivity index (χ1) is 9.45. The molecule has 0 spiro atoms. The second kappa shape index (κ2) is 5.64. The van der Waals surface area contributed by atoms with Gasteiger partial charge in [-0.1, -0.05) is 35.3 Å². The van der Waals surface area contributed by atoms with Crippen molar-refractivity contribution in [2.75, 3.05) is 6.54 Å². The van der Waals surface area contributed by atoms with Crippen molar-refractivity contribution in [3.05, 3.63) is 46.5 Å². The van der Waals surface area contributed by atoms with Gasteiger partial charge in [0.2, 0.25) is 0 Å². The minimum absolute atomic E-state index is 0.00570. The Morgan fingerprint density at radius 2 is 1.75 bits per heavy atom. The molecule has 0 saturated carbocycles. The minimum Gasteiger partial charge on any atom is -0.263 e. The number of halogens is 2. The van der Waals surface area contributed by atoms with Gasteiger partial charge in [0.1, 0.15) is 0 Å². The molecule has 1 fully saturated rings. The Hall–Kier alpha value is -1.85. The molecule has 0 atom stereocenters. The number of nitrogens with zero attached hydrogens (tertiary/aromatic N) is 2. The second-order valence-corrected chi connectivity index (χ2v) is 4.96. The summed E-state index contributed by atoms with van der Waals surface area (Å²) in [5, 5.41) is 0.773. The smallest absolute Gasteiger partial charge is 0.263 e. The molecule has 4 amide bonds. The zero-order chi connectivity index (χ0) is 14.9. The van der Waals surface area contributed by atoms with E-state index in [4.69, 9.17) is 23.2 Å². The molecule has 7 heteroatoms. The summed E-state index contributed by atoms with van der Waals surface area (Å²) in [4.78, 5) is 37.1. The van der Waals surface area contributed by atoms with Crippen molar-refractivity contribution in [2.24, 2.45) is 0 Å². The Kier molecular flexibility index (Phi) is 4.11. The van der Waals surface area contributed by atoms with Crippen LogP contribution in [-0.2, 0) is 16.1 Å². The number of hydrogen-bond donors (Lipinski definition) is 0. The van der Waals surface area contributed by atoms with E-state index in [0.717, 1.165) is 9.80 Å². The van der Waals surface area contributed by atoms with Crippen molar-refractivity contribution in [3.63, 3.8) is 0 Å². The molecule has 1 aliphatic heterocycles. The predicted molar refractivity (Wildman–Crippen MR) is 74.3 cm³/mol. The summed E-state index contributed by atoms with van der Waals surface area (Å²) < 4.78 is 0. The second-order valence-electron chi connectivity index (χ2n) is 4.11. The summed E-state index contributed by atoms with van der Waals surface area (Å²) in [7, 11) is 0. The highest BCUT2D eigenvalue weighted by molar-refractivity contribution is 6.44. The van der Waals surface area contributed by atoms with Gasteiger partial charge in [-0.2, -0.15) is 0 Å². The molecule has 0 aromatic heterocycles. The third-order valence-electron chi connectivity index (χ3n) is 2.79. The lowest BCUT2D eigenvalue weighted by atomic mass is 10.2. The number of carbonyl (C=O) groups is 3. The highest BCUT2D eigenvalue weighted by Crippen LogP contribution is 2.24. The summed E-state index contributed by atoms with van der Waals surface area (Å²) >= 11 is 11.8. The molecule has 5 nitrogen and oxygen atoms in total. The van der Waals surface area contributed by atoms with Crippen molar-refractivity contribution in [1.82, 2.24) is 9.80 Å². The number of urea groups is 1. The lowest BCUT2D eigenvalue weighted by Crippen LogP contribution is -2.33. The van der Waals surface area contributed by atoms with Crippen LogP contribution >= 0.6 is 23.2 Å². The fourth-order valence-electron chi connectivity index (χ4n) is 1.80. The largest absolute Gasteiger partial charge is 0.334 e. The predicted octanol–water partition coefficient (Wildman–Crippen LogP) is 2.47. The van der Waals surface area contributed by atoms with E-state index in [1.807, 2.05) is 0 Å². The molecule has 1 saturated heterocycles. The Labute approximate surface area is 125 Å². The van der Waals surface area contributed by atoms with E-state index >= 15 is 0 Å². The first-order valence-corrected chi connectivity index (χ1v) is 6.43. The highest BCUT2D eigenvalue weighted by Gasteiger charge is 2.43. The van der Waals surface area contributed by atoms with Crippen LogP contribution in [0, 0.1) is 0 Å². The number of imide groups is 2. The van der Waals surface area contributed by atoms with E-state index in [1.54, 1.807) is 12.1 Å². The molecule has 0 radical (unpaired) electrons. The number of hydrogen-bond acceptors (Lipinski definition) is 3. The highest BCUT2D eigenvalue weighted by atomic mass is 35.5. The van der Waals surface area contributed by atoms with Crippen molar-refractivity contribution in [3.8, 4) is 0 Å². The maximum atomic E-state index is 12.0. The van der Waals surface area contributed by atoms with E-state index in [2.05, 4.69) is 6.58 Å². The molecule has 104 valence electrons. The van der Waals surface area contributed by atoms with Crippen LogP contribution in [0.2, 0.25) is 10.0 Å². The van der Waals surface area contributed by atoms with Gasteiger partial charge >= 0.3 is 17.8 Å². The van der Waals surface area contributed by atoms with E-state index in [1.165, 1.54) is 12.1 Å². The van der Waals surface area contributed by atoms with E-state index in [-0.39, 0.29) is 13.1 Å². The molecule has 1 aromatic carbocycles. The van der Waals surface area contributed by atoms with Crippen molar-refractivity contribution < 1.29 is 14.4 Å². The van der Waals surface area contributed by atoms with Crippen LogP contribution in [0.25, 0.3) is 0 Å². The van der Waals surface area contributed by atoms with Crippen molar-refractivity contribution in [1.29, 1.82) is 0 Å². The van der Waals surface area contributed by atoms with E-state index < -0.39 is 17.8 Å². The zero-order valence-electron chi connectivity index (χ0n) is 10.3. The van der Waals surface area contributed by atoms with Gasteiger partial charge in [0.25, 0.3) is 0 Å². The quantitative estimate of drug-likeness (QED) is 0.487. The van der Waals surface area contributed by atoms with Crippen LogP contribution in [0.15, 0.2) is 30.9 Å². The summed E-state index contributed by atoms with van der Waals surface area (Å²) in [6.45, 7) is 3.36. The first-order valence-electron chi connectivity index (χ1n) is 5.68. The summed E-state index contributed by atoms with van der Waals surface area (Å²) in [5.74, 6) is -1.73. The van der Waals surface area contributed by atoms with Crippen molar-refractivity contribution >= 4 is 41.0 Å². The molecular formula is C13H10Cl2N2O3. The number of benzene rings is 1. The summed E-state index contributed by atoms with van der Waals surface area (Å²) in [6, 6.07) is 4.03. The van der Waals surface area contributed by atoms with Gasteiger partial charge in [-0.25, -0.2) is 4.79 Å². The van der Waals surface area contributed by atoms with Gasteiger partial charge < -0.3 is 0 Å². The van der Waals surface area contributed by atoms with Crippen LogP contribution in [0.5, 0.6) is 0 Å². The lowest BCUT2D eigenvalue weighted by molar-refractivity contribution is -0.143. The Morgan fingerprint density at radius 3 is 2.35 bits per heavy atom. The fourth-order valence-corrected chi connectivity index (χ4v) is 2.27. The van der Waals surface area contributed by atoms with Gasteiger partial charge in [-0.3, -0.25) is 19.4 Å². The average molecular weight is 313 g/mol. The number of amides is 4. The van der Waals surface area contributed by atoms with E-state index in [9.17, 15) is 14.4 Å². The Morgan fingerprint density at radius 1 is 1.10 bits per heavy atom. The Bertz CT molecular complexity index is 616. The lowest BCUT2D eigenvalue weighted by Gasteiger charge is -2.15. The molecule has 0 unspecified atom stereocenters. The zero-order valence-corrected chi connectivity index (χ0v) is 11.8. The summed E-state index contributed by atoms with van der Waals surface area (Å²) in [5.41, 5.74) is 0.533. The van der Waals surface area contributed by atoms with Gasteiger partial charge in [-0.15, -0.1) is 6.58 Å². The molecule has 1 aromatic rings. The summed E-state index contributed by atoms with van der Waals surface area (Å²) in [6.07, 6.45) is 1.38. The van der Waals surface area contributed by atoms with Crippen LogP contribution in [0.1, 0.15) is 5.56 Å². The van der Waals surface area contributed by atoms with Gasteiger partial charge in [0.15, 0.2) is 0 Å². The Balaban J connectivity index is 2.25. The maximum Gasteiger partial charge on any atom is 0.334 e. The minimum atomic E-state index is -0.872. The standard InChI is InChI=1S/C13H10Cl2N2O3/c1-2-5-16-11(18)12(19)17(13(16)20)7-8-3-4-9(14)6-10(8)15/h2-4,6H,1,5,7H2. The van der Waals surface area contributed by atoms with Gasteiger partial charge in [0, 0.05) is 16.6 Å². The normalized spacial score (nSPS) is 15.2. The van der Waals surface area contributed by atoms with Crippen LogP contribution in [0.3, 0.4) is 0 Å². The molecule has 1 heterocycles. The monoisotopic (exact) mass is 312 g/mol. The van der Waals surface area contributed by atoms with E-state index in [0.29, 0.717) is 15.6 Å². The topological polar surface area (TPSA) is 57.7 Å².